The standard InChI is InChI=1S/C16H30N2O2.ClH/c1-12(2)13-4-6-14(7-5-13)18-15(19)16(20-3)8-10-17-11-9-16;/h12-14,17H,4-11H2,1-3H3,(H,18,19);1H. The number of carbonyl (C=O) groups excluding carboxylic acids is 1. The fourth-order valence-corrected chi connectivity index (χ4v) is 3.60. The highest BCUT2D eigenvalue weighted by Gasteiger charge is 2.40. The van der Waals surface area contributed by atoms with E-state index < -0.39 is 5.60 Å². The van der Waals surface area contributed by atoms with Crippen molar-refractivity contribution in [3.63, 3.8) is 0 Å². The number of nitrogens with one attached hydrogen (secondary N) is 2. The maximum absolute atomic E-state index is 12.6. The molecule has 5 heteroatoms. The molecule has 0 atom stereocenters. The lowest BCUT2D eigenvalue weighted by Gasteiger charge is -2.38. The molecule has 0 spiro atoms. The summed E-state index contributed by atoms with van der Waals surface area (Å²) in [5, 5.41) is 6.54. The Morgan fingerprint density at radius 1 is 1.19 bits per heavy atom. The first-order valence-corrected chi connectivity index (χ1v) is 8.14. The minimum absolute atomic E-state index is 0. The highest BCUT2D eigenvalue weighted by molar-refractivity contribution is 5.86. The third kappa shape index (κ3) is 4.57. The summed E-state index contributed by atoms with van der Waals surface area (Å²) in [6, 6.07) is 0.347. The predicted octanol–water partition coefficient (Wildman–Crippen LogP) is 2.51. The van der Waals surface area contributed by atoms with Crippen molar-refractivity contribution in [2.24, 2.45) is 11.8 Å². The zero-order valence-electron chi connectivity index (χ0n) is 13.6. The number of ether oxygens (including phenoxy) is 1. The van der Waals surface area contributed by atoms with Crippen LogP contribution in [0.2, 0.25) is 0 Å². The number of hydrogen-bond acceptors (Lipinski definition) is 3. The smallest absolute Gasteiger partial charge is 0.252 e. The van der Waals surface area contributed by atoms with Gasteiger partial charge in [0.25, 0.3) is 5.91 Å². The summed E-state index contributed by atoms with van der Waals surface area (Å²) >= 11 is 0. The van der Waals surface area contributed by atoms with Crippen LogP contribution in [-0.2, 0) is 9.53 Å². The van der Waals surface area contributed by atoms with E-state index in [1.165, 1.54) is 12.8 Å². The first-order valence-electron chi connectivity index (χ1n) is 8.14. The fraction of sp³-hybridized carbons (Fsp3) is 0.938. The van der Waals surface area contributed by atoms with Gasteiger partial charge in [-0.2, -0.15) is 0 Å². The van der Waals surface area contributed by atoms with Crippen LogP contribution in [0.25, 0.3) is 0 Å². The van der Waals surface area contributed by atoms with E-state index in [9.17, 15) is 4.79 Å². The Labute approximate surface area is 135 Å². The Hall–Kier alpha value is -0.320. The van der Waals surface area contributed by atoms with Crippen LogP contribution in [0, 0.1) is 11.8 Å². The molecule has 0 aromatic heterocycles. The van der Waals surface area contributed by atoms with Gasteiger partial charge in [-0.15, -0.1) is 12.4 Å². The zero-order chi connectivity index (χ0) is 14.6. The van der Waals surface area contributed by atoms with Crippen LogP contribution in [0.4, 0.5) is 0 Å². The van der Waals surface area contributed by atoms with Gasteiger partial charge in [-0.05, 0) is 63.5 Å². The molecular formula is C16H31ClN2O2. The second-order valence-electron chi connectivity index (χ2n) is 6.78. The molecule has 1 amide bonds. The molecule has 2 N–H and O–H groups in total. The molecule has 0 aromatic carbocycles. The monoisotopic (exact) mass is 318 g/mol. The Morgan fingerprint density at radius 2 is 1.76 bits per heavy atom. The van der Waals surface area contributed by atoms with Crippen molar-refractivity contribution in [1.29, 1.82) is 0 Å². The summed E-state index contributed by atoms with van der Waals surface area (Å²) < 4.78 is 5.59. The molecule has 2 fully saturated rings. The Balaban J connectivity index is 0.00000220. The van der Waals surface area contributed by atoms with E-state index >= 15 is 0 Å². The minimum Gasteiger partial charge on any atom is -0.368 e. The van der Waals surface area contributed by atoms with Gasteiger partial charge in [0.1, 0.15) is 5.60 Å². The number of amides is 1. The summed E-state index contributed by atoms with van der Waals surface area (Å²) in [6.45, 7) is 6.33. The molecule has 1 aliphatic heterocycles. The second kappa shape index (κ2) is 8.35. The lowest BCUT2D eigenvalue weighted by atomic mass is 9.79. The predicted molar refractivity (Wildman–Crippen MR) is 87.8 cm³/mol. The molecule has 2 rings (SSSR count). The third-order valence-electron chi connectivity index (χ3n) is 5.27. The van der Waals surface area contributed by atoms with Gasteiger partial charge in [-0.25, -0.2) is 0 Å². The Bertz CT molecular complexity index is 322. The molecule has 4 nitrogen and oxygen atoms in total. The van der Waals surface area contributed by atoms with Crippen LogP contribution in [0.15, 0.2) is 0 Å². The number of piperidine rings is 1. The number of halogens is 1. The van der Waals surface area contributed by atoms with Gasteiger partial charge in [-0.3, -0.25) is 4.79 Å². The molecule has 2 aliphatic rings. The molecule has 0 unspecified atom stereocenters. The van der Waals surface area contributed by atoms with Gasteiger partial charge in [0.15, 0.2) is 0 Å². The summed E-state index contributed by atoms with van der Waals surface area (Å²) in [5.41, 5.74) is -0.597. The zero-order valence-corrected chi connectivity index (χ0v) is 14.4. The molecular weight excluding hydrogens is 288 g/mol. The van der Waals surface area contributed by atoms with Crippen molar-refractivity contribution in [1.82, 2.24) is 10.6 Å². The number of carbonyl (C=O) groups is 1. The van der Waals surface area contributed by atoms with Gasteiger partial charge < -0.3 is 15.4 Å². The molecule has 0 aromatic rings. The molecule has 1 saturated heterocycles. The number of hydrogen-bond donors (Lipinski definition) is 2. The maximum Gasteiger partial charge on any atom is 0.252 e. The van der Waals surface area contributed by atoms with E-state index in [0.717, 1.165) is 50.6 Å². The summed E-state index contributed by atoms with van der Waals surface area (Å²) in [4.78, 5) is 12.6. The van der Waals surface area contributed by atoms with Crippen LogP contribution < -0.4 is 10.6 Å². The van der Waals surface area contributed by atoms with E-state index in [-0.39, 0.29) is 18.3 Å². The SMILES string of the molecule is COC1(C(=O)NC2CCC(C(C)C)CC2)CCNCC1.Cl. The second-order valence-corrected chi connectivity index (χ2v) is 6.78. The van der Waals surface area contributed by atoms with Gasteiger partial charge in [0.2, 0.25) is 0 Å². The summed E-state index contributed by atoms with van der Waals surface area (Å²) in [5.74, 6) is 1.70. The van der Waals surface area contributed by atoms with Crippen molar-refractivity contribution in [3.8, 4) is 0 Å². The highest BCUT2D eigenvalue weighted by Crippen LogP contribution is 2.31. The van der Waals surface area contributed by atoms with Crippen molar-refractivity contribution < 1.29 is 9.53 Å². The van der Waals surface area contributed by atoms with Crippen molar-refractivity contribution in [2.75, 3.05) is 20.2 Å². The lowest BCUT2D eigenvalue weighted by molar-refractivity contribution is -0.147. The molecule has 1 heterocycles. The fourth-order valence-electron chi connectivity index (χ4n) is 3.60. The van der Waals surface area contributed by atoms with Crippen LogP contribution in [0.5, 0.6) is 0 Å². The van der Waals surface area contributed by atoms with Crippen LogP contribution in [-0.4, -0.2) is 37.7 Å². The average Bonchev–Trinajstić information content (AvgIpc) is 2.48. The lowest BCUT2D eigenvalue weighted by Crippen LogP contribution is -2.56. The molecule has 1 saturated carbocycles. The highest BCUT2D eigenvalue weighted by atomic mass is 35.5. The molecule has 21 heavy (non-hydrogen) atoms. The van der Waals surface area contributed by atoms with E-state index in [1.807, 2.05) is 0 Å². The minimum atomic E-state index is -0.597. The van der Waals surface area contributed by atoms with Crippen molar-refractivity contribution in [3.05, 3.63) is 0 Å². The van der Waals surface area contributed by atoms with E-state index in [2.05, 4.69) is 24.5 Å². The Kier molecular flexibility index (Phi) is 7.45. The Morgan fingerprint density at radius 3 is 2.24 bits per heavy atom. The first kappa shape index (κ1) is 18.7. The molecule has 0 bridgehead atoms. The molecule has 1 aliphatic carbocycles. The van der Waals surface area contributed by atoms with E-state index in [4.69, 9.17) is 4.74 Å². The maximum atomic E-state index is 12.6. The van der Waals surface area contributed by atoms with Crippen LogP contribution in [0.1, 0.15) is 52.4 Å². The van der Waals surface area contributed by atoms with E-state index in [0.29, 0.717) is 6.04 Å². The average molecular weight is 319 g/mol. The number of rotatable bonds is 4. The van der Waals surface area contributed by atoms with Gasteiger partial charge in [0.05, 0.1) is 0 Å². The third-order valence-corrected chi connectivity index (χ3v) is 5.27. The summed E-state index contributed by atoms with van der Waals surface area (Å²) in [6.07, 6.45) is 6.26. The van der Waals surface area contributed by atoms with Crippen molar-refractivity contribution in [2.45, 2.75) is 64.0 Å². The van der Waals surface area contributed by atoms with Gasteiger partial charge in [-0.1, -0.05) is 13.8 Å². The van der Waals surface area contributed by atoms with E-state index in [1.54, 1.807) is 7.11 Å². The normalized spacial score (nSPS) is 28.8. The van der Waals surface area contributed by atoms with Gasteiger partial charge >= 0.3 is 0 Å². The first-order chi connectivity index (χ1) is 9.57. The molecule has 0 radical (unpaired) electrons. The van der Waals surface area contributed by atoms with Crippen molar-refractivity contribution >= 4 is 18.3 Å². The summed E-state index contributed by atoms with van der Waals surface area (Å²) in [7, 11) is 1.67. The molecule has 124 valence electrons. The number of methoxy groups -OCH3 is 1. The van der Waals surface area contributed by atoms with Gasteiger partial charge in [0, 0.05) is 13.2 Å². The largest absolute Gasteiger partial charge is 0.368 e. The topological polar surface area (TPSA) is 50.4 Å². The van der Waals surface area contributed by atoms with Crippen LogP contribution >= 0.6 is 12.4 Å². The van der Waals surface area contributed by atoms with Crippen LogP contribution in [0.3, 0.4) is 0 Å². The quantitative estimate of drug-likeness (QED) is 0.837.